The number of hydrogen-bond donors (Lipinski definition) is 1. The molecule has 25 heavy (non-hydrogen) atoms. The van der Waals surface area contributed by atoms with Crippen molar-refractivity contribution in [3.05, 3.63) is 29.3 Å². The van der Waals surface area contributed by atoms with Gasteiger partial charge >= 0.3 is 0 Å². The fourth-order valence-electron chi connectivity index (χ4n) is 2.81. The Balaban J connectivity index is 0.00000156. The molecule has 1 amide bonds. The molecular weight excluding hydrogens is 405 g/mol. The number of carbonyl (C=O) groups is 1. The van der Waals surface area contributed by atoms with Crippen molar-refractivity contribution < 1.29 is 9.53 Å². The molecule has 5 nitrogen and oxygen atoms in total. The van der Waals surface area contributed by atoms with E-state index >= 15 is 0 Å². The summed E-state index contributed by atoms with van der Waals surface area (Å²) in [5.41, 5.74) is 0. The Morgan fingerprint density at radius 1 is 1.24 bits per heavy atom. The maximum atomic E-state index is 12.3. The van der Waals surface area contributed by atoms with E-state index in [-0.39, 0.29) is 36.8 Å². The predicted molar refractivity (Wildman–Crippen MR) is 109 cm³/mol. The van der Waals surface area contributed by atoms with Gasteiger partial charge in [-0.1, -0.05) is 23.7 Å². The van der Waals surface area contributed by atoms with Crippen LogP contribution in [0.4, 0.5) is 0 Å². The molecule has 0 spiro atoms. The summed E-state index contributed by atoms with van der Waals surface area (Å²) >= 11 is 7.86. The van der Waals surface area contributed by atoms with E-state index in [4.69, 9.17) is 16.3 Å². The molecule has 0 saturated carbocycles. The summed E-state index contributed by atoms with van der Waals surface area (Å²) in [5, 5.41) is 3.89. The van der Waals surface area contributed by atoms with E-state index in [2.05, 4.69) is 10.2 Å². The van der Waals surface area contributed by atoms with Crippen LogP contribution in [0, 0.1) is 0 Å². The molecule has 2 aliphatic rings. The summed E-state index contributed by atoms with van der Waals surface area (Å²) < 4.78 is 5.73. The number of nitrogens with one attached hydrogen (secondary N) is 1. The molecule has 0 bridgehead atoms. The number of nitrogens with zero attached hydrogens (tertiary/aromatic N) is 2. The van der Waals surface area contributed by atoms with Crippen LogP contribution in [-0.2, 0) is 4.79 Å². The number of benzene rings is 1. The molecule has 142 valence electrons. The summed E-state index contributed by atoms with van der Waals surface area (Å²) in [7, 11) is 0. The van der Waals surface area contributed by atoms with Gasteiger partial charge in [0, 0.05) is 44.4 Å². The average Bonchev–Trinajstić information content (AvgIpc) is 3.11. The van der Waals surface area contributed by atoms with Gasteiger partial charge in [-0.15, -0.1) is 36.6 Å². The number of ether oxygens (including phenoxy) is 1. The maximum Gasteiger partial charge on any atom is 0.240 e. The first-order valence-corrected chi connectivity index (χ1v) is 9.47. The van der Waals surface area contributed by atoms with E-state index in [0.29, 0.717) is 11.6 Å². The van der Waals surface area contributed by atoms with E-state index in [1.54, 1.807) is 11.8 Å². The average molecular weight is 429 g/mol. The van der Waals surface area contributed by atoms with Crippen molar-refractivity contribution in [2.24, 2.45) is 0 Å². The third-order valence-electron chi connectivity index (χ3n) is 4.20. The normalized spacial score (nSPS) is 20.5. The highest BCUT2D eigenvalue weighted by atomic mass is 35.5. The third-order valence-corrected chi connectivity index (χ3v) is 5.45. The van der Waals surface area contributed by atoms with Crippen molar-refractivity contribution >= 4 is 54.1 Å². The van der Waals surface area contributed by atoms with Crippen LogP contribution in [0.1, 0.15) is 0 Å². The number of rotatable bonds is 5. The molecule has 9 heteroatoms. The second kappa shape index (κ2) is 11.4. The van der Waals surface area contributed by atoms with Gasteiger partial charge in [0.1, 0.15) is 12.4 Å². The van der Waals surface area contributed by atoms with E-state index in [1.807, 2.05) is 29.2 Å². The topological polar surface area (TPSA) is 44.8 Å². The van der Waals surface area contributed by atoms with Gasteiger partial charge < -0.3 is 9.64 Å². The Kier molecular flexibility index (Phi) is 10.3. The van der Waals surface area contributed by atoms with Crippen molar-refractivity contribution in [3.63, 3.8) is 0 Å². The number of carbonyl (C=O) groups excluding carboxylic acids is 1. The molecule has 0 aliphatic carbocycles. The number of amides is 1. The predicted octanol–water partition coefficient (Wildman–Crippen LogP) is 2.37. The van der Waals surface area contributed by atoms with Gasteiger partial charge in [-0.2, -0.15) is 0 Å². The molecule has 1 N–H and O–H groups in total. The standard InChI is InChI=1S/C16H22ClN3O2S.2ClH/c17-13-3-1-2-4-15(13)22-10-9-19-5-7-20(8-6-19)16(21)14-11-23-12-18-14;;/h1-4,14,18H,5-12H2;2*1H. The smallest absolute Gasteiger partial charge is 0.240 e. The highest BCUT2D eigenvalue weighted by Gasteiger charge is 2.29. The van der Waals surface area contributed by atoms with Crippen molar-refractivity contribution in [2.45, 2.75) is 6.04 Å². The first-order valence-electron chi connectivity index (χ1n) is 7.93. The Bertz CT molecular complexity index is 539. The summed E-state index contributed by atoms with van der Waals surface area (Å²) in [4.78, 5) is 16.6. The first-order chi connectivity index (χ1) is 11.2. The van der Waals surface area contributed by atoms with Crippen molar-refractivity contribution in [1.82, 2.24) is 15.1 Å². The van der Waals surface area contributed by atoms with Crippen molar-refractivity contribution in [1.29, 1.82) is 0 Å². The molecule has 3 rings (SSSR count). The van der Waals surface area contributed by atoms with Crippen LogP contribution >= 0.6 is 48.2 Å². The van der Waals surface area contributed by atoms with Crippen LogP contribution in [0.3, 0.4) is 0 Å². The second-order valence-electron chi connectivity index (χ2n) is 5.72. The Morgan fingerprint density at radius 3 is 2.60 bits per heavy atom. The van der Waals surface area contributed by atoms with Gasteiger partial charge in [-0.3, -0.25) is 15.0 Å². The number of halogens is 3. The lowest BCUT2D eigenvalue weighted by atomic mass is 10.2. The molecule has 1 unspecified atom stereocenters. The number of para-hydroxylation sites is 1. The van der Waals surface area contributed by atoms with Crippen LogP contribution in [0.25, 0.3) is 0 Å². The van der Waals surface area contributed by atoms with Gasteiger partial charge in [-0.25, -0.2) is 0 Å². The molecular formula is C16H24Cl3N3O2S. The van der Waals surface area contributed by atoms with E-state index in [0.717, 1.165) is 50.1 Å². The molecule has 0 aromatic heterocycles. The van der Waals surface area contributed by atoms with Gasteiger partial charge in [0.05, 0.1) is 11.1 Å². The monoisotopic (exact) mass is 427 g/mol. The molecule has 1 atom stereocenters. The highest BCUT2D eigenvalue weighted by molar-refractivity contribution is 7.99. The zero-order valence-corrected chi connectivity index (χ0v) is 17.1. The lowest BCUT2D eigenvalue weighted by molar-refractivity contribution is -0.134. The fourth-order valence-corrected chi connectivity index (χ4v) is 3.94. The molecule has 2 saturated heterocycles. The summed E-state index contributed by atoms with van der Waals surface area (Å²) in [6.45, 7) is 4.86. The van der Waals surface area contributed by atoms with Crippen molar-refractivity contribution in [2.75, 3.05) is 51.0 Å². The summed E-state index contributed by atoms with van der Waals surface area (Å²) in [5.74, 6) is 2.76. The quantitative estimate of drug-likeness (QED) is 0.780. The van der Waals surface area contributed by atoms with Crippen LogP contribution in [0.2, 0.25) is 5.02 Å². The summed E-state index contributed by atoms with van der Waals surface area (Å²) in [6, 6.07) is 7.53. The lowest BCUT2D eigenvalue weighted by Crippen LogP contribution is -2.54. The third kappa shape index (κ3) is 6.38. The fraction of sp³-hybridized carbons (Fsp3) is 0.562. The maximum absolute atomic E-state index is 12.3. The molecule has 1 aromatic carbocycles. The van der Waals surface area contributed by atoms with E-state index in [1.165, 1.54) is 0 Å². The molecule has 1 aromatic rings. The molecule has 2 aliphatic heterocycles. The molecule has 0 radical (unpaired) electrons. The lowest BCUT2D eigenvalue weighted by Gasteiger charge is -2.35. The molecule has 2 fully saturated rings. The van der Waals surface area contributed by atoms with Crippen LogP contribution in [-0.4, -0.2) is 72.7 Å². The van der Waals surface area contributed by atoms with Gasteiger partial charge in [0.15, 0.2) is 0 Å². The number of hydrogen-bond acceptors (Lipinski definition) is 5. The number of thioether (sulfide) groups is 1. The Labute approximate surface area is 170 Å². The minimum atomic E-state index is 0. The second-order valence-corrected chi connectivity index (χ2v) is 7.16. The molecule has 2 heterocycles. The Hall–Kier alpha value is -0.370. The largest absolute Gasteiger partial charge is 0.491 e. The number of piperazine rings is 1. The highest BCUT2D eigenvalue weighted by Crippen LogP contribution is 2.23. The van der Waals surface area contributed by atoms with Gasteiger partial charge in [0.2, 0.25) is 5.91 Å². The van der Waals surface area contributed by atoms with Gasteiger partial charge in [-0.05, 0) is 12.1 Å². The van der Waals surface area contributed by atoms with Gasteiger partial charge in [0.25, 0.3) is 0 Å². The SMILES string of the molecule is Cl.Cl.O=C(C1CSCN1)N1CCN(CCOc2ccccc2Cl)CC1. The minimum absolute atomic E-state index is 0. The first kappa shape index (κ1) is 22.7. The van der Waals surface area contributed by atoms with Crippen molar-refractivity contribution in [3.8, 4) is 5.75 Å². The zero-order valence-electron chi connectivity index (χ0n) is 13.9. The minimum Gasteiger partial charge on any atom is -0.491 e. The Morgan fingerprint density at radius 2 is 1.96 bits per heavy atom. The van der Waals surface area contributed by atoms with Crippen LogP contribution in [0.15, 0.2) is 24.3 Å². The summed E-state index contributed by atoms with van der Waals surface area (Å²) in [6.07, 6.45) is 0. The van der Waals surface area contributed by atoms with E-state index in [9.17, 15) is 4.79 Å². The van der Waals surface area contributed by atoms with Crippen LogP contribution < -0.4 is 10.1 Å². The van der Waals surface area contributed by atoms with E-state index < -0.39 is 0 Å². The zero-order chi connectivity index (χ0) is 16.1. The van der Waals surface area contributed by atoms with Crippen LogP contribution in [0.5, 0.6) is 5.75 Å².